The van der Waals surface area contributed by atoms with Crippen molar-refractivity contribution >= 4 is 0 Å². The molecule has 2 nitrogen and oxygen atoms in total. The lowest BCUT2D eigenvalue weighted by molar-refractivity contribution is 0.0962. The van der Waals surface area contributed by atoms with Crippen LogP contribution >= 0.6 is 0 Å². The van der Waals surface area contributed by atoms with Crippen molar-refractivity contribution in [3.05, 3.63) is 0 Å². The second-order valence-corrected chi connectivity index (χ2v) is 5.71. The van der Waals surface area contributed by atoms with Crippen LogP contribution in [0.5, 0.6) is 0 Å². The van der Waals surface area contributed by atoms with E-state index in [2.05, 4.69) is 18.7 Å². The zero-order valence-electron chi connectivity index (χ0n) is 10.3. The second kappa shape index (κ2) is 4.84. The van der Waals surface area contributed by atoms with Crippen LogP contribution in [0.2, 0.25) is 0 Å². The summed E-state index contributed by atoms with van der Waals surface area (Å²) < 4.78 is 0. The van der Waals surface area contributed by atoms with Crippen molar-refractivity contribution in [3.8, 4) is 0 Å². The Morgan fingerprint density at radius 2 is 1.87 bits per heavy atom. The van der Waals surface area contributed by atoms with Crippen LogP contribution in [0.25, 0.3) is 0 Å². The van der Waals surface area contributed by atoms with Crippen LogP contribution in [0.15, 0.2) is 0 Å². The van der Waals surface area contributed by atoms with Gasteiger partial charge in [0, 0.05) is 18.6 Å². The predicted molar refractivity (Wildman–Crippen MR) is 64.7 cm³/mol. The standard InChI is InChI=1S/C13H26N2/c1-10-7-8-15(9-13(10)14)11(2)12-5-3-4-6-12/h10-13H,3-9,14H2,1-2H3. The Hall–Kier alpha value is -0.0800. The number of piperidine rings is 1. The van der Waals surface area contributed by atoms with Gasteiger partial charge in [-0.15, -0.1) is 0 Å². The quantitative estimate of drug-likeness (QED) is 0.757. The van der Waals surface area contributed by atoms with E-state index in [1.165, 1.54) is 38.6 Å². The molecule has 1 saturated heterocycles. The number of hydrogen-bond donors (Lipinski definition) is 1. The molecule has 2 N–H and O–H groups in total. The first-order valence-electron chi connectivity index (χ1n) is 6.68. The summed E-state index contributed by atoms with van der Waals surface area (Å²) in [5, 5.41) is 0. The molecule has 0 bridgehead atoms. The lowest BCUT2D eigenvalue weighted by Gasteiger charge is -2.40. The van der Waals surface area contributed by atoms with Crippen molar-refractivity contribution in [1.82, 2.24) is 4.90 Å². The van der Waals surface area contributed by atoms with Gasteiger partial charge in [0.15, 0.2) is 0 Å². The van der Waals surface area contributed by atoms with Crippen molar-refractivity contribution in [2.45, 2.75) is 58.0 Å². The Morgan fingerprint density at radius 3 is 2.47 bits per heavy atom. The van der Waals surface area contributed by atoms with E-state index in [-0.39, 0.29) is 0 Å². The van der Waals surface area contributed by atoms with Crippen molar-refractivity contribution in [2.24, 2.45) is 17.6 Å². The van der Waals surface area contributed by atoms with Gasteiger partial charge in [-0.05, 0) is 44.6 Å². The number of rotatable bonds is 2. The van der Waals surface area contributed by atoms with Gasteiger partial charge in [0.05, 0.1) is 0 Å². The van der Waals surface area contributed by atoms with E-state index in [4.69, 9.17) is 5.73 Å². The Kier molecular flexibility index (Phi) is 3.68. The first-order valence-corrected chi connectivity index (χ1v) is 6.68. The summed E-state index contributed by atoms with van der Waals surface area (Å²) in [6.45, 7) is 7.10. The molecule has 15 heavy (non-hydrogen) atoms. The molecule has 1 aliphatic heterocycles. The summed E-state index contributed by atoms with van der Waals surface area (Å²) in [6, 6.07) is 1.17. The minimum absolute atomic E-state index is 0.405. The number of nitrogens with zero attached hydrogens (tertiary/aromatic N) is 1. The van der Waals surface area contributed by atoms with Gasteiger partial charge < -0.3 is 5.73 Å². The molecule has 1 aliphatic carbocycles. The first-order chi connectivity index (χ1) is 7.18. The highest BCUT2D eigenvalue weighted by atomic mass is 15.2. The van der Waals surface area contributed by atoms with Crippen LogP contribution < -0.4 is 5.73 Å². The maximum absolute atomic E-state index is 6.16. The van der Waals surface area contributed by atoms with Gasteiger partial charge in [-0.3, -0.25) is 4.90 Å². The van der Waals surface area contributed by atoms with Crippen LogP contribution in [0, 0.1) is 11.8 Å². The molecule has 88 valence electrons. The first kappa shape index (κ1) is 11.4. The van der Waals surface area contributed by atoms with E-state index < -0.39 is 0 Å². The molecule has 0 amide bonds. The number of likely N-dealkylation sites (tertiary alicyclic amines) is 1. The zero-order chi connectivity index (χ0) is 10.8. The van der Waals surface area contributed by atoms with E-state index >= 15 is 0 Å². The molecule has 0 radical (unpaired) electrons. The maximum Gasteiger partial charge on any atom is 0.0194 e. The highest BCUT2D eigenvalue weighted by molar-refractivity contribution is 4.87. The Balaban J connectivity index is 1.87. The maximum atomic E-state index is 6.16. The van der Waals surface area contributed by atoms with Crippen LogP contribution in [0.1, 0.15) is 46.0 Å². The number of nitrogens with two attached hydrogens (primary N) is 1. The highest BCUT2D eigenvalue weighted by Gasteiger charge is 2.31. The lowest BCUT2D eigenvalue weighted by atomic mass is 9.90. The van der Waals surface area contributed by atoms with Crippen molar-refractivity contribution in [1.29, 1.82) is 0 Å². The van der Waals surface area contributed by atoms with Gasteiger partial charge in [-0.25, -0.2) is 0 Å². The molecule has 2 heteroatoms. The minimum atomic E-state index is 0.405. The van der Waals surface area contributed by atoms with Gasteiger partial charge >= 0.3 is 0 Å². The minimum Gasteiger partial charge on any atom is -0.326 e. The van der Waals surface area contributed by atoms with Crippen molar-refractivity contribution in [3.63, 3.8) is 0 Å². The molecular formula is C13H26N2. The Labute approximate surface area is 94.2 Å². The van der Waals surface area contributed by atoms with Gasteiger partial charge in [0.2, 0.25) is 0 Å². The summed E-state index contributed by atoms with van der Waals surface area (Å²) in [7, 11) is 0. The van der Waals surface area contributed by atoms with Gasteiger partial charge in [-0.1, -0.05) is 19.8 Å². The molecule has 0 aromatic heterocycles. The van der Waals surface area contributed by atoms with E-state index in [1.54, 1.807) is 0 Å². The molecule has 2 fully saturated rings. The monoisotopic (exact) mass is 210 g/mol. The van der Waals surface area contributed by atoms with Crippen LogP contribution in [-0.4, -0.2) is 30.1 Å². The van der Waals surface area contributed by atoms with Gasteiger partial charge in [0.25, 0.3) is 0 Å². The SMILES string of the molecule is CC1CCN(C(C)C2CCCC2)CC1N. The lowest BCUT2D eigenvalue weighted by Crippen LogP contribution is -2.52. The second-order valence-electron chi connectivity index (χ2n) is 5.71. The predicted octanol–water partition coefficient (Wildman–Crippen LogP) is 2.23. The fraction of sp³-hybridized carbons (Fsp3) is 1.00. The average molecular weight is 210 g/mol. The van der Waals surface area contributed by atoms with E-state index in [1.807, 2.05) is 0 Å². The molecule has 3 unspecified atom stereocenters. The molecule has 1 heterocycles. The van der Waals surface area contributed by atoms with Crippen LogP contribution in [0.4, 0.5) is 0 Å². The third-order valence-electron chi connectivity index (χ3n) is 4.71. The largest absolute Gasteiger partial charge is 0.326 e. The van der Waals surface area contributed by atoms with Crippen molar-refractivity contribution in [2.75, 3.05) is 13.1 Å². The fourth-order valence-corrected chi connectivity index (χ4v) is 3.23. The summed E-state index contributed by atoms with van der Waals surface area (Å²) in [4.78, 5) is 2.64. The third kappa shape index (κ3) is 2.54. The van der Waals surface area contributed by atoms with E-state index in [0.717, 1.165) is 24.4 Å². The molecular weight excluding hydrogens is 184 g/mol. The zero-order valence-corrected chi connectivity index (χ0v) is 10.3. The van der Waals surface area contributed by atoms with E-state index in [9.17, 15) is 0 Å². The van der Waals surface area contributed by atoms with Gasteiger partial charge in [-0.2, -0.15) is 0 Å². The summed E-state index contributed by atoms with van der Waals surface area (Å²) >= 11 is 0. The smallest absolute Gasteiger partial charge is 0.0194 e. The van der Waals surface area contributed by atoms with E-state index in [0.29, 0.717) is 6.04 Å². The summed E-state index contributed by atoms with van der Waals surface area (Å²) in [5.41, 5.74) is 6.16. The van der Waals surface area contributed by atoms with Crippen LogP contribution in [0.3, 0.4) is 0 Å². The third-order valence-corrected chi connectivity index (χ3v) is 4.71. The molecule has 1 saturated carbocycles. The summed E-state index contributed by atoms with van der Waals surface area (Å²) in [5.74, 6) is 1.67. The summed E-state index contributed by atoms with van der Waals surface area (Å²) in [6.07, 6.45) is 7.08. The molecule has 0 aromatic rings. The average Bonchev–Trinajstić information content (AvgIpc) is 2.74. The topological polar surface area (TPSA) is 29.3 Å². The van der Waals surface area contributed by atoms with Crippen LogP contribution in [-0.2, 0) is 0 Å². The van der Waals surface area contributed by atoms with Crippen molar-refractivity contribution < 1.29 is 0 Å². The Morgan fingerprint density at radius 1 is 1.20 bits per heavy atom. The Bertz CT molecular complexity index is 199. The molecule has 0 aromatic carbocycles. The molecule has 2 aliphatic rings. The van der Waals surface area contributed by atoms with Gasteiger partial charge in [0.1, 0.15) is 0 Å². The molecule has 3 atom stereocenters. The molecule has 0 spiro atoms. The normalized spacial score (nSPS) is 37.0. The fourth-order valence-electron chi connectivity index (χ4n) is 3.23. The number of hydrogen-bond acceptors (Lipinski definition) is 2. The molecule has 2 rings (SSSR count). The highest BCUT2D eigenvalue weighted by Crippen LogP contribution is 2.31.